The summed E-state index contributed by atoms with van der Waals surface area (Å²) in [4.78, 5) is 5.20. The van der Waals surface area contributed by atoms with E-state index in [0.717, 1.165) is 5.69 Å². The first-order valence-electron chi connectivity index (χ1n) is 7.12. The van der Waals surface area contributed by atoms with Gasteiger partial charge in [0.2, 0.25) is 0 Å². The average Bonchev–Trinajstić information content (AvgIpc) is 2.81. The number of aryl methyl sites for hydroxylation is 1. The molecule has 1 aromatic carbocycles. The third-order valence-corrected chi connectivity index (χ3v) is 4.51. The number of benzene rings is 1. The second-order valence-electron chi connectivity index (χ2n) is 5.48. The van der Waals surface area contributed by atoms with E-state index in [1.165, 1.54) is 56.7 Å². The Balaban J connectivity index is 1.73. The molecule has 1 fully saturated rings. The average molecular weight is 245 g/mol. The van der Waals surface area contributed by atoms with Gasteiger partial charge in [0.15, 0.2) is 0 Å². The molecule has 0 saturated carbocycles. The zero-order valence-corrected chi connectivity index (χ0v) is 11.2. The summed E-state index contributed by atoms with van der Waals surface area (Å²) in [5.74, 6) is 0. The molecule has 1 heterocycles. The number of nitrogens with two attached hydrogens (primary N) is 1. The van der Waals surface area contributed by atoms with Crippen LogP contribution in [-0.2, 0) is 6.42 Å². The van der Waals surface area contributed by atoms with Gasteiger partial charge in [-0.3, -0.25) is 4.90 Å². The highest BCUT2D eigenvalue weighted by Gasteiger charge is 2.29. The van der Waals surface area contributed by atoms with Crippen molar-refractivity contribution in [2.45, 2.75) is 25.8 Å². The number of likely N-dealkylation sites (N-methyl/N-ethyl adjacent to an activating group) is 1. The topological polar surface area (TPSA) is 32.5 Å². The first-order valence-corrected chi connectivity index (χ1v) is 7.12. The molecule has 1 aliphatic heterocycles. The lowest BCUT2D eigenvalue weighted by atomic mass is 10.1. The molecule has 1 aromatic rings. The number of hydrogen-bond donors (Lipinski definition) is 1. The smallest absolute Gasteiger partial charge is 0.0355 e. The van der Waals surface area contributed by atoms with E-state index < -0.39 is 0 Å². The van der Waals surface area contributed by atoms with Gasteiger partial charge in [-0.15, -0.1) is 0 Å². The second kappa shape index (κ2) is 4.90. The van der Waals surface area contributed by atoms with E-state index in [0.29, 0.717) is 6.04 Å². The molecule has 0 amide bonds. The highest BCUT2D eigenvalue weighted by Crippen LogP contribution is 2.36. The van der Waals surface area contributed by atoms with E-state index in [1.807, 2.05) is 0 Å². The van der Waals surface area contributed by atoms with Crippen molar-refractivity contribution >= 4 is 5.69 Å². The van der Waals surface area contributed by atoms with E-state index in [2.05, 4.69) is 34.9 Å². The van der Waals surface area contributed by atoms with Crippen LogP contribution in [0.1, 0.15) is 30.5 Å². The molecule has 1 atom stereocenters. The molecule has 3 nitrogen and oxygen atoms in total. The summed E-state index contributed by atoms with van der Waals surface area (Å²) >= 11 is 0. The summed E-state index contributed by atoms with van der Waals surface area (Å²) in [6.07, 6.45) is 2.46. The zero-order valence-electron chi connectivity index (χ0n) is 11.2. The maximum Gasteiger partial charge on any atom is 0.0355 e. The standard InChI is InChI=1S/C15H23N3/c1-2-17-7-9-18(10-8-17)15-6-3-12-11-13(16)4-5-14(12)15/h4-5,11,15H,2-3,6-10,16H2,1H3. The van der Waals surface area contributed by atoms with Crippen LogP contribution >= 0.6 is 0 Å². The SMILES string of the molecule is CCN1CCN(C2CCc3cc(N)ccc32)CC1. The number of hydrogen-bond acceptors (Lipinski definition) is 3. The van der Waals surface area contributed by atoms with Crippen molar-refractivity contribution in [2.24, 2.45) is 0 Å². The summed E-state index contributed by atoms with van der Waals surface area (Å²) < 4.78 is 0. The van der Waals surface area contributed by atoms with Crippen LogP contribution in [0.5, 0.6) is 0 Å². The second-order valence-corrected chi connectivity index (χ2v) is 5.48. The van der Waals surface area contributed by atoms with Gasteiger partial charge in [0.1, 0.15) is 0 Å². The Labute approximate surface area is 110 Å². The van der Waals surface area contributed by atoms with E-state index in [9.17, 15) is 0 Å². The molecule has 0 radical (unpaired) electrons. The van der Waals surface area contributed by atoms with Crippen LogP contribution in [0, 0.1) is 0 Å². The Morgan fingerprint density at radius 2 is 2.00 bits per heavy atom. The van der Waals surface area contributed by atoms with Crippen molar-refractivity contribution < 1.29 is 0 Å². The summed E-state index contributed by atoms with van der Waals surface area (Å²) in [7, 11) is 0. The molecule has 98 valence electrons. The van der Waals surface area contributed by atoms with Crippen LogP contribution in [-0.4, -0.2) is 42.5 Å². The minimum Gasteiger partial charge on any atom is -0.399 e. The molecule has 18 heavy (non-hydrogen) atoms. The van der Waals surface area contributed by atoms with Crippen LogP contribution in [0.3, 0.4) is 0 Å². The van der Waals surface area contributed by atoms with E-state index in [1.54, 1.807) is 0 Å². The number of anilines is 1. The van der Waals surface area contributed by atoms with Crippen molar-refractivity contribution in [3.05, 3.63) is 29.3 Å². The van der Waals surface area contributed by atoms with Crippen molar-refractivity contribution in [1.82, 2.24) is 9.80 Å². The molecule has 1 saturated heterocycles. The van der Waals surface area contributed by atoms with Gasteiger partial charge in [0.05, 0.1) is 0 Å². The van der Waals surface area contributed by atoms with E-state index >= 15 is 0 Å². The minimum absolute atomic E-state index is 0.639. The molecule has 3 rings (SSSR count). The Kier molecular flexibility index (Phi) is 3.27. The lowest BCUT2D eigenvalue weighted by molar-refractivity contribution is 0.0994. The maximum atomic E-state index is 5.87. The largest absolute Gasteiger partial charge is 0.399 e. The maximum absolute atomic E-state index is 5.87. The highest BCUT2D eigenvalue weighted by molar-refractivity contribution is 5.47. The predicted molar refractivity (Wildman–Crippen MR) is 75.6 cm³/mol. The molecular formula is C15H23N3. The summed E-state index contributed by atoms with van der Waals surface area (Å²) in [5, 5.41) is 0. The third-order valence-electron chi connectivity index (χ3n) is 4.51. The molecule has 0 spiro atoms. The number of nitrogens with zero attached hydrogens (tertiary/aromatic N) is 2. The molecule has 0 bridgehead atoms. The first kappa shape index (κ1) is 12.0. The van der Waals surface area contributed by atoms with Crippen LogP contribution in [0.25, 0.3) is 0 Å². The Morgan fingerprint density at radius 1 is 1.22 bits per heavy atom. The summed E-state index contributed by atoms with van der Waals surface area (Å²) in [6.45, 7) is 8.30. The Morgan fingerprint density at radius 3 is 2.72 bits per heavy atom. The van der Waals surface area contributed by atoms with Crippen molar-refractivity contribution in [1.29, 1.82) is 0 Å². The first-order chi connectivity index (χ1) is 8.78. The van der Waals surface area contributed by atoms with Gasteiger partial charge in [-0.2, -0.15) is 0 Å². The normalized spacial score (nSPS) is 25.3. The summed E-state index contributed by atoms with van der Waals surface area (Å²) in [6, 6.07) is 7.10. The Bertz CT molecular complexity index is 422. The molecule has 1 unspecified atom stereocenters. The molecule has 2 N–H and O–H groups in total. The minimum atomic E-state index is 0.639. The fourth-order valence-corrected chi connectivity index (χ4v) is 3.39. The highest BCUT2D eigenvalue weighted by atomic mass is 15.3. The van der Waals surface area contributed by atoms with Gasteiger partial charge in [-0.05, 0) is 42.6 Å². The molecule has 3 heteroatoms. The van der Waals surface area contributed by atoms with Gasteiger partial charge in [-0.1, -0.05) is 13.0 Å². The number of rotatable bonds is 2. The fraction of sp³-hybridized carbons (Fsp3) is 0.600. The lowest BCUT2D eigenvalue weighted by Crippen LogP contribution is -2.47. The zero-order chi connectivity index (χ0) is 12.5. The van der Waals surface area contributed by atoms with Gasteiger partial charge in [-0.25, -0.2) is 0 Å². The summed E-state index contributed by atoms with van der Waals surface area (Å²) in [5.41, 5.74) is 9.77. The van der Waals surface area contributed by atoms with E-state index in [4.69, 9.17) is 5.73 Å². The Hall–Kier alpha value is -1.06. The molecular weight excluding hydrogens is 222 g/mol. The molecule has 2 aliphatic rings. The number of nitrogen functional groups attached to an aromatic ring is 1. The van der Waals surface area contributed by atoms with Crippen LogP contribution in [0.15, 0.2) is 18.2 Å². The van der Waals surface area contributed by atoms with Gasteiger partial charge in [0.25, 0.3) is 0 Å². The molecule has 1 aliphatic carbocycles. The van der Waals surface area contributed by atoms with Crippen LogP contribution in [0.2, 0.25) is 0 Å². The van der Waals surface area contributed by atoms with Crippen LogP contribution in [0.4, 0.5) is 5.69 Å². The number of piperazine rings is 1. The van der Waals surface area contributed by atoms with Gasteiger partial charge < -0.3 is 10.6 Å². The fourth-order valence-electron chi connectivity index (χ4n) is 3.39. The van der Waals surface area contributed by atoms with Crippen molar-refractivity contribution in [2.75, 3.05) is 38.5 Å². The van der Waals surface area contributed by atoms with Crippen LogP contribution < -0.4 is 5.73 Å². The third kappa shape index (κ3) is 2.13. The van der Waals surface area contributed by atoms with Gasteiger partial charge in [0, 0.05) is 37.9 Å². The molecule has 0 aromatic heterocycles. The van der Waals surface area contributed by atoms with E-state index in [-0.39, 0.29) is 0 Å². The monoisotopic (exact) mass is 245 g/mol. The van der Waals surface area contributed by atoms with Crippen molar-refractivity contribution in [3.63, 3.8) is 0 Å². The predicted octanol–water partition coefficient (Wildman–Crippen LogP) is 1.89. The number of fused-ring (bicyclic) bond motifs is 1. The van der Waals surface area contributed by atoms with Crippen molar-refractivity contribution in [3.8, 4) is 0 Å². The van der Waals surface area contributed by atoms with Gasteiger partial charge >= 0.3 is 0 Å². The lowest BCUT2D eigenvalue weighted by Gasteiger charge is -2.38. The quantitative estimate of drug-likeness (QED) is 0.808.